The monoisotopic (exact) mass is 496 g/mol. The van der Waals surface area contributed by atoms with E-state index in [-0.39, 0.29) is 0 Å². The number of hydrogen-bond donors (Lipinski definition) is 0. The van der Waals surface area contributed by atoms with Gasteiger partial charge in [-0.15, -0.1) is 0 Å². The standard InChI is InChI=1S/C39H28/c1-3-28-11-4-6-13-32(28)34-21-19-30-17-18-31-20-22-35(37-24-23-36(34)38(30)39(31)37)33-14-7-5-12-29(33)16-15-27-10-8-9-26(2)25-27/h3-25H,1H2,2H3/b16-15+. The predicted octanol–water partition coefficient (Wildman–Crippen LogP) is 11.0. The summed E-state index contributed by atoms with van der Waals surface area (Å²) in [5.41, 5.74) is 9.84. The van der Waals surface area contributed by atoms with Crippen molar-refractivity contribution in [2.75, 3.05) is 0 Å². The van der Waals surface area contributed by atoms with Gasteiger partial charge in [-0.3, -0.25) is 0 Å². The molecule has 0 atom stereocenters. The number of benzene rings is 7. The molecule has 7 aromatic carbocycles. The van der Waals surface area contributed by atoms with E-state index in [4.69, 9.17) is 0 Å². The highest BCUT2D eigenvalue weighted by Gasteiger charge is 2.16. The largest absolute Gasteiger partial charge is 0.0984 e. The zero-order valence-electron chi connectivity index (χ0n) is 22.0. The first-order valence-electron chi connectivity index (χ1n) is 13.5. The van der Waals surface area contributed by atoms with Crippen LogP contribution in [-0.4, -0.2) is 0 Å². The first-order chi connectivity index (χ1) is 19.2. The lowest BCUT2D eigenvalue weighted by molar-refractivity contribution is 1.46. The van der Waals surface area contributed by atoms with Crippen molar-refractivity contribution in [3.8, 4) is 22.3 Å². The van der Waals surface area contributed by atoms with Crippen molar-refractivity contribution < 1.29 is 0 Å². The smallest absolute Gasteiger partial charge is 0.00203 e. The van der Waals surface area contributed by atoms with Crippen LogP contribution < -0.4 is 0 Å². The van der Waals surface area contributed by atoms with Gasteiger partial charge in [-0.05, 0) is 78.2 Å². The molecule has 0 aliphatic carbocycles. The van der Waals surface area contributed by atoms with Gasteiger partial charge < -0.3 is 0 Å². The Hall–Kier alpha value is -4.94. The molecule has 0 saturated carbocycles. The van der Waals surface area contributed by atoms with Crippen molar-refractivity contribution in [3.05, 3.63) is 150 Å². The van der Waals surface area contributed by atoms with Crippen LogP contribution in [0.25, 0.3) is 72.8 Å². The molecule has 0 heterocycles. The number of aryl methyl sites for hydroxylation is 1. The summed E-state index contributed by atoms with van der Waals surface area (Å²) < 4.78 is 0. The van der Waals surface area contributed by atoms with E-state index in [1.165, 1.54) is 71.3 Å². The third-order valence-electron chi connectivity index (χ3n) is 7.88. The molecule has 184 valence electrons. The zero-order valence-corrected chi connectivity index (χ0v) is 22.0. The van der Waals surface area contributed by atoms with Gasteiger partial charge in [0.05, 0.1) is 0 Å². The number of rotatable bonds is 5. The Morgan fingerprint density at radius 2 is 1.05 bits per heavy atom. The molecule has 0 nitrogen and oxygen atoms in total. The van der Waals surface area contributed by atoms with Crippen LogP contribution in [0, 0.1) is 6.92 Å². The fourth-order valence-electron chi connectivity index (χ4n) is 6.04. The summed E-state index contributed by atoms with van der Waals surface area (Å²) in [5.74, 6) is 0. The summed E-state index contributed by atoms with van der Waals surface area (Å²) in [7, 11) is 0. The van der Waals surface area contributed by atoms with Crippen LogP contribution >= 0.6 is 0 Å². The van der Waals surface area contributed by atoms with Crippen LogP contribution in [0.15, 0.2) is 128 Å². The van der Waals surface area contributed by atoms with Gasteiger partial charge in [0, 0.05) is 0 Å². The van der Waals surface area contributed by atoms with E-state index in [0.29, 0.717) is 0 Å². The molecule has 0 N–H and O–H groups in total. The van der Waals surface area contributed by atoms with Crippen LogP contribution in [-0.2, 0) is 0 Å². The van der Waals surface area contributed by atoms with E-state index in [9.17, 15) is 0 Å². The van der Waals surface area contributed by atoms with Gasteiger partial charge in [0.25, 0.3) is 0 Å². The average molecular weight is 497 g/mol. The molecule has 0 saturated heterocycles. The first-order valence-corrected chi connectivity index (χ1v) is 13.5. The lowest BCUT2D eigenvalue weighted by Gasteiger charge is -2.18. The summed E-state index contributed by atoms with van der Waals surface area (Å²) in [6.07, 6.45) is 6.41. The van der Waals surface area contributed by atoms with Crippen LogP contribution in [0.5, 0.6) is 0 Å². The first kappa shape index (κ1) is 23.2. The fraction of sp³-hybridized carbons (Fsp3) is 0.0256. The molecule has 7 rings (SSSR count). The highest BCUT2D eigenvalue weighted by atomic mass is 14.2. The molecule has 0 aromatic heterocycles. The summed E-state index contributed by atoms with van der Waals surface area (Å²) in [5, 5.41) is 7.77. The van der Waals surface area contributed by atoms with Gasteiger partial charge in [-0.25, -0.2) is 0 Å². The molecule has 7 aromatic rings. The van der Waals surface area contributed by atoms with Crippen molar-refractivity contribution in [1.82, 2.24) is 0 Å². The maximum Gasteiger partial charge on any atom is -0.00203 e. The van der Waals surface area contributed by atoms with E-state index in [0.717, 1.165) is 5.56 Å². The highest BCUT2D eigenvalue weighted by Crippen LogP contribution is 2.43. The van der Waals surface area contributed by atoms with E-state index in [1.807, 2.05) is 6.08 Å². The minimum atomic E-state index is 1.16. The van der Waals surface area contributed by atoms with E-state index < -0.39 is 0 Å². The molecular formula is C39H28. The third kappa shape index (κ3) is 3.93. The van der Waals surface area contributed by atoms with Gasteiger partial charge in [0.2, 0.25) is 0 Å². The molecule has 0 heteroatoms. The van der Waals surface area contributed by atoms with E-state index >= 15 is 0 Å². The topological polar surface area (TPSA) is 0 Å². The summed E-state index contributed by atoms with van der Waals surface area (Å²) in [6, 6.07) is 44.1. The third-order valence-corrected chi connectivity index (χ3v) is 7.88. The Kier molecular flexibility index (Phi) is 5.60. The quantitative estimate of drug-likeness (QED) is 0.164. The van der Waals surface area contributed by atoms with Crippen molar-refractivity contribution >= 4 is 50.5 Å². The molecule has 0 spiro atoms. The maximum absolute atomic E-state index is 4.07. The Balaban J connectivity index is 1.46. The van der Waals surface area contributed by atoms with Gasteiger partial charge in [0.1, 0.15) is 0 Å². The Morgan fingerprint density at radius 3 is 1.67 bits per heavy atom. The van der Waals surface area contributed by atoms with Crippen LogP contribution in [0.3, 0.4) is 0 Å². The van der Waals surface area contributed by atoms with Gasteiger partial charge in [-0.2, -0.15) is 0 Å². The minimum Gasteiger partial charge on any atom is -0.0984 e. The minimum absolute atomic E-state index is 1.16. The maximum atomic E-state index is 4.07. The number of hydrogen-bond acceptors (Lipinski definition) is 0. The molecule has 0 aliphatic rings. The van der Waals surface area contributed by atoms with Crippen LogP contribution in [0.2, 0.25) is 0 Å². The van der Waals surface area contributed by atoms with Gasteiger partial charge >= 0.3 is 0 Å². The lowest BCUT2D eigenvalue weighted by atomic mass is 9.85. The van der Waals surface area contributed by atoms with Crippen LogP contribution in [0.4, 0.5) is 0 Å². The molecular weight excluding hydrogens is 468 g/mol. The summed E-state index contributed by atoms with van der Waals surface area (Å²) in [6.45, 7) is 6.20. The zero-order chi connectivity index (χ0) is 26.3. The Morgan fingerprint density at radius 1 is 0.487 bits per heavy atom. The van der Waals surface area contributed by atoms with Gasteiger partial charge in [-0.1, -0.05) is 152 Å². The second kappa shape index (κ2) is 9.42. The Bertz CT molecular complexity index is 2040. The summed E-state index contributed by atoms with van der Waals surface area (Å²) >= 11 is 0. The van der Waals surface area contributed by atoms with Crippen molar-refractivity contribution in [2.45, 2.75) is 6.92 Å². The predicted molar refractivity (Wildman–Crippen MR) is 171 cm³/mol. The normalized spacial score (nSPS) is 11.7. The van der Waals surface area contributed by atoms with Gasteiger partial charge in [0.15, 0.2) is 0 Å². The molecule has 0 radical (unpaired) electrons. The average Bonchev–Trinajstić information content (AvgIpc) is 2.99. The highest BCUT2D eigenvalue weighted by molar-refractivity contribution is 6.27. The van der Waals surface area contributed by atoms with Crippen molar-refractivity contribution in [2.24, 2.45) is 0 Å². The molecule has 0 bridgehead atoms. The van der Waals surface area contributed by atoms with Crippen molar-refractivity contribution in [1.29, 1.82) is 0 Å². The second-order valence-electron chi connectivity index (χ2n) is 10.3. The lowest BCUT2D eigenvalue weighted by Crippen LogP contribution is -1.91. The van der Waals surface area contributed by atoms with E-state index in [2.05, 4.69) is 147 Å². The van der Waals surface area contributed by atoms with E-state index in [1.54, 1.807) is 0 Å². The molecule has 0 unspecified atom stereocenters. The Labute approximate surface area is 229 Å². The fourth-order valence-corrected chi connectivity index (χ4v) is 6.04. The SMILES string of the molecule is C=Cc1ccccc1-c1ccc2ccc3ccc(-c4ccccc4/C=C/c4cccc(C)c4)c4ccc1c2c34. The van der Waals surface area contributed by atoms with Crippen LogP contribution in [0.1, 0.15) is 22.3 Å². The van der Waals surface area contributed by atoms with Crippen molar-refractivity contribution in [3.63, 3.8) is 0 Å². The molecule has 39 heavy (non-hydrogen) atoms. The molecule has 0 fully saturated rings. The molecule has 0 amide bonds. The second-order valence-corrected chi connectivity index (χ2v) is 10.3. The molecule has 0 aliphatic heterocycles. The summed E-state index contributed by atoms with van der Waals surface area (Å²) in [4.78, 5) is 0.